The Hall–Kier alpha value is -1.91. The standard InChI is InChI=1S/C13H16N2O3/c1-13(6-2-3-7-13)14-11-5-4-10(9-16)8-12(11)15(17)18/h4-5,8-9,14H,2-3,6-7H2,1H3. The van der Waals surface area contributed by atoms with Gasteiger partial charge < -0.3 is 5.32 Å². The zero-order chi connectivity index (χ0) is 13.2. The van der Waals surface area contributed by atoms with E-state index in [1.165, 1.54) is 6.07 Å². The Balaban J connectivity index is 2.31. The summed E-state index contributed by atoms with van der Waals surface area (Å²) in [7, 11) is 0. The van der Waals surface area contributed by atoms with E-state index in [1.807, 2.05) is 0 Å². The summed E-state index contributed by atoms with van der Waals surface area (Å²) in [6.45, 7) is 2.08. The van der Waals surface area contributed by atoms with Gasteiger partial charge in [0.2, 0.25) is 0 Å². The van der Waals surface area contributed by atoms with Gasteiger partial charge in [0.25, 0.3) is 5.69 Å². The van der Waals surface area contributed by atoms with E-state index >= 15 is 0 Å². The molecule has 1 saturated carbocycles. The van der Waals surface area contributed by atoms with Crippen molar-refractivity contribution in [1.29, 1.82) is 0 Å². The van der Waals surface area contributed by atoms with E-state index < -0.39 is 4.92 Å². The smallest absolute Gasteiger partial charge is 0.293 e. The number of nitro groups is 1. The van der Waals surface area contributed by atoms with Crippen molar-refractivity contribution in [2.45, 2.75) is 38.1 Å². The minimum atomic E-state index is -0.451. The fourth-order valence-corrected chi connectivity index (χ4v) is 2.48. The molecule has 0 bridgehead atoms. The summed E-state index contributed by atoms with van der Waals surface area (Å²) in [6, 6.07) is 4.53. The molecule has 0 amide bonds. The maximum absolute atomic E-state index is 11.0. The lowest BCUT2D eigenvalue weighted by atomic mass is 10.00. The Morgan fingerprint density at radius 3 is 2.61 bits per heavy atom. The zero-order valence-electron chi connectivity index (χ0n) is 10.3. The first-order chi connectivity index (χ1) is 8.54. The monoisotopic (exact) mass is 248 g/mol. The van der Waals surface area contributed by atoms with Crippen LogP contribution in [0.25, 0.3) is 0 Å². The summed E-state index contributed by atoms with van der Waals surface area (Å²) in [5.41, 5.74) is 0.708. The van der Waals surface area contributed by atoms with Gasteiger partial charge in [-0.3, -0.25) is 14.9 Å². The van der Waals surface area contributed by atoms with Crippen molar-refractivity contribution in [3.05, 3.63) is 33.9 Å². The highest BCUT2D eigenvalue weighted by atomic mass is 16.6. The Morgan fingerprint density at radius 1 is 1.39 bits per heavy atom. The molecule has 5 nitrogen and oxygen atoms in total. The average molecular weight is 248 g/mol. The molecule has 1 aliphatic carbocycles. The van der Waals surface area contributed by atoms with Crippen molar-refractivity contribution in [3.63, 3.8) is 0 Å². The van der Waals surface area contributed by atoms with Crippen molar-refractivity contribution >= 4 is 17.7 Å². The molecule has 1 N–H and O–H groups in total. The van der Waals surface area contributed by atoms with Crippen molar-refractivity contribution in [2.75, 3.05) is 5.32 Å². The van der Waals surface area contributed by atoms with Crippen LogP contribution in [-0.2, 0) is 0 Å². The second-order valence-corrected chi connectivity index (χ2v) is 5.04. The van der Waals surface area contributed by atoms with E-state index in [4.69, 9.17) is 0 Å². The molecule has 2 rings (SSSR count). The number of aldehydes is 1. The van der Waals surface area contributed by atoms with Gasteiger partial charge in [-0.25, -0.2) is 0 Å². The summed E-state index contributed by atoms with van der Waals surface area (Å²) in [6.07, 6.45) is 4.93. The predicted octanol–water partition coefficient (Wildman–Crippen LogP) is 3.15. The first-order valence-corrected chi connectivity index (χ1v) is 6.06. The molecule has 0 atom stereocenters. The number of benzene rings is 1. The maximum Gasteiger partial charge on any atom is 0.293 e. The van der Waals surface area contributed by atoms with Gasteiger partial charge in [0.1, 0.15) is 12.0 Å². The summed E-state index contributed by atoms with van der Waals surface area (Å²) in [4.78, 5) is 21.2. The Kier molecular flexibility index (Phi) is 3.32. The molecule has 1 fully saturated rings. The highest BCUT2D eigenvalue weighted by molar-refractivity contribution is 5.79. The number of nitro benzene ring substituents is 1. The van der Waals surface area contributed by atoms with E-state index in [0.29, 0.717) is 17.5 Å². The van der Waals surface area contributed by atoms with Gasteiger partial charge in [0.05, 0.1) is 4.92 Å². The number of hydrogen-bond acceptors (Lipinski definition) is 4. The fourth-order valence-electron chi connectivity index (χ4n) is 2.48. The molecule has 5 heteroatoms. The number of nitrogens with one attached hydrogen (secondary N) is 1. The molecule has 1 aromatic rings. The van der Waals surface area contributed by atoms with Crippen molar-refractivity contribution in [3.8, 4) is 0 Å². The third kappa shape index (κ3) is 2.50. The quantitative estimate of drug-likeness (QED) is 0.504. The third-order valence-electron chi connectivity index (χ3n) is 3.50. The van der Waals surface area contributed by atoms with Crippen LogP contribution in [0.5, 0.6) is 0 Å². The van der Waals surface area contributed by atoms with Crippen molar-refractivity contribution in [1.82, 2.24) is 0 Å². The largest absolute Gasteiger partial charge is 0.374 e. The van der Waals surface area contributed by atoms with E-state index in [9.17, 15) is 14.9 Å². The van der Waals surface area contributed by atoms with E-state index in [0.717, 1.165) is 25.7 Å². The average Bonchev–Trinajstić information content (AvgIpc) is 2.76. The van der Waals surface area contributed by atoms with Gasteiger partial charge in [-0.05, 0) is 31.9 Å². The molecule has 1 aromatic carbocycles. The molecule has 0 unspecified atom stereocenters. The number of carbonyl (C=O) groups is 1. The Bertz CT molecular complexity index is 479. The molecule has 0 spiro atoms. The molecule has 0 radical (unpaired) electrons. The van der Waals surface area contributed by atoms with Crippen molar-refractivity contribution < 1.29 is 9.72 Å². The lowest BCUT2D eigenvalue weighted by Crippen LogP contribution is -2.31. The number of nitrogens with zero attached hydrogens (tertiary/aromatic N) is 1. The lowest BCUT2D eigenvalue weighted by molar-refractivity contribution is -0.384. The fraction of sp³-hybridized carbons (Fsp3) is 0.462. The van der Waals surface area contributed by atoms with Crippen LogP contribution in [0.3, 0.4) is 0 Å². The Morgan fingerprint density at radius 2 is 2.06 bits per heavy atom. The predicted molar refractivity (Wildman–Crippen MR) is 69.0 cm³/mol. The number of carbonyl (C=O) groups excluding carboxylic acids is 1. The van der Waals surface area contributed by atoms with Gasteiger partial charge >= 0.3 is 0 Å². The van der Waals surface area contributed by atoms with E-state index in [-0.39, 0.29) is 11.2 Å². The SMILES string of the molecule is CC1(Nc2ccc(C=O)cc2[N+](=O)[O-])CCCC1. The summed E-state index contributed by atoms with van der Waals surface area (Å²) in [5, 5.41) is 14.3. The molecule has 1 aliphatic rings. The Labute approximate surface area is 105 Å². The summed E-state index contributed by atoms with van der Waals surface area (Å²) >= 11 is 0. The summed E-state index contributed by atoms with van der Waals surface area (Å²) < 4.78 is 0. The molecule has 0 heterocycles. The van der Waals surface area contributed by atoms with Gasteiger partial charge in [-0.15, -0.1) is 0 Å². The van der Waals surface area contributed by atoms with Gasteiger partial charge in [-0.2, -0.15) is 0 Å². The maximum atomic E-state index is 11.0. The van der Waals surface area contributed by atoms with E-state index in [2.05, 4.69) is 12.2 Å². The number of anilines is 1. The zero-order valence-corrected chi connectivity index (χ0v) is 10.3. The van der Waals surface area contributed by atoms with Crippen molar-refractivity contribution in [2.24, 2.45) is 0 Å². The van der Waals surface area contributed by atoms with Crippen LogP contribution >= 0.6 is 0 Å². The van der Waals surface area contributed by atoms with Gasteiger partial charge in [0, 0.05) is 17.2 Å². The number of hydrogen-bond donors (Lipinski definition) is 1. The minimum Gasteiger partial charge on any atom is -0.374 e. The molecule has 96 valence electrons. The molecular formula is C13H16N2O3. The van der Waals surface area contributed by atoms with Crippen LogP contribution in [0.4, 0.5) is 11.4 Å². The lowest BCUT2D eigenvalue weighted by Gasteiger charge is -2.26. The molecule has 0 aromatic heterocycles. The number of rotatable bonds is 4. The highest BCUT2D eigenvalue weighted by Crippen LogP contribution is 2.35. The normalized spacial score (nSPS) is 17.4. The van der Waals surface area contributed by atoms with E-state index in [1.54, 1.807) is 12.1 Å². The topological polar surface area (TPSA) is 72.2 Å². The van der Waals surface area contributed by atoms with Crippen LogP contribution in [0, 0.1) is 10.1 Å². The molecule has 0 aliphatic heterocycles. The van der Waals surface area contributed by atoms with Gasteiger partial charge in [-0.1, -0.05) is 12.8 Å². The molecular weight excluding hydrogens is 232 g/mol. The minimum absolute atomic E-state index is 0.0345. The first kappa shape index (κ1) is 12.5. The first-order valence-electron chi connectivity index (χ1n) is 6.06. The summed E-state index contributed by atoms with van der Waals surface area (Å²) in [5.74, 6) is 0. The van der Waals surface area contributed by atoms with Crippen LogP contribution in [0.2, 0.25) is 0 Å². The second-order valence-electron chi connectivity index (χ2n) is 5.04. The molecule has 18 heavy (non-hydrogen) atoms. The van der Waals surface area contributed by atoms with Crippen LogP contribution < -0.4 is 5.32 Å². The second kappa shape index (κ2) is 4.76. The van der Waals surface area contributed by atoms with Crippen LogP contribution in [0.1, 0.15) is 43.0 Å². The molecule has 0 saturated heterocycles. The highest BCUT2D eigenvalue weighted by Gasteiger charge is 2.30. The van der Waals surface area contributed by atoms with Gasteiger partial charge in [0.15, 0.2) is 0 Å². The van der Waals surface area contributed by atoms with Crippen LogP contribution in [0.15, 0.2) is 18.2 Å². The third-order valence-corrected chi connectivity index (χ3v) is 3.50. The van der Waals surface area contributed by atoms with Crippen LogP contribution in [-0.4, -0.2) is 16.7 Å².